The first-order valence-corrected chi connectivity index (χ1v) is 5.87. The molecule has 2 rings (SSSR count). The molecule has 0 saturated heterocycles. The van der Waals surface area contributed by atoms with Gasteiger partial charge in [0.15, 0.2) is 0 Å². The van der Waals surface area contributed by atoms with E-state index in [2.05, 4.69) is 27.0 Å². The lowest BCUT2D eigenvalue weighted by Gasteiger charge is -2.27. The van der Waals surface area contributed by atoms with Gasteiger partial charge in [-0.1, -0.05) is 12.8 Å². The highest BCUT2D eigenvalue weighted by Crippen LogP contribution is 2.40. The van der Waals surface area contributed by atoms with Gasteiger partial charge in [0.05, 0.1) is 0 Å². The van der Waals surface area contributed by atoms with Crippen LogP contribution in [0.5, 0.6) is 0 Å². The van der Waals surface area contributed by atoms with Crippen LogP contribution in [0.4, 0.5) is 0 Å². The number of pyridine rings is 1. The van der Waals surface area contributed by atoms with E-state index < -0.39 is 0 Å². The van der Waals surface area contributed by atoms with Gasteiger partial charge in [0.1, 0.15) is 0 Å². The first kappa shape index (κ1) is 10.1. The summed E-state index contributed by atoms with van der Waals surface area (Å²) in [6.45, 7) is 0.741. The zero-order valence-corrected chi connectivity index (χ0v) is 9.76. The van der Waals surface area contributed by atoms with Crippen molar-refractivity contribution in [2.75, 3.05) is 6.54 Å². The molecule has 14 heavy (non-hydrogen) atoms. The summed E-state index contributed by atoms with van der Waals surface area (Å²) in [7, 11) is 0. The van der Waals surface area contributed by atoms with Crippen LogP contribution in [-0.2, 0) is 5.41 Å². The number of halogens is 1. The van der Waals surface area contributed by atoms with E-state index in [0.29, 0.717) is 0 Å². The second kappa shape index (κ2) is 3.99. The molecule has 1 fully saturated rings. The third-order valence-corrected chi connectivity index (χ3v) is 3.70. The van der Waals surface area contributed by atoms with Crippen molar-refractivity contribution in [1.82, 2.24) is 4.98 Å². The minimum Gasteiger partial charge on any atom is -0.330 e. The van der Waals surface area contributed by atoms with E-state index in [-0.39, 0.29) is 5.41 Å². The second-order valence-corrected chi connectivity index (χ2v) is 5.00. The molecule has 0 atom stereocenters. The summed E-state index contributed by atoms with van der Waals surface area (Å²) in [5.41, 5.74) is 7.41. The van der Waals surface area contributed by atoms with Gasteiger partial charge < -0.3 is 5.73 Å². The van der Waals surface area contributed by atoms with Gasteiger partial charge >= 0.3 is 0 Å². The van der Waals surface area contributed by atoms with Crippen LogP contribution in [0.3, 0.4) is 0 Å². The normalized spacial score (nSPS) is 19.9. The Kier molecular flexibility index (Phi) is 2.88. The molecule has 1 aromatic rings. The van der Waals surface area contributed by atoms with Crippen molar-refractivity contribution in [3.05, 3.63) is 28.5 Å². The first-order valence-electron chi connectivity index (χ1n) is 5.08. The molecule has 1 aliphatic rings. The lowest BCUT2D eigenvalue weighted by atomic mass is 9.80. The molecule has 1 saturated carbocycles. The maximum Gasteiger partial charge on any atom is 0.0410 e. The van der Waals surface area contributed by atoms with Gasteiger partial charge in [0.25, 0.3) is 0 Å². The summed E-state index contributed by atoms with van der Waals surface area (Å²) >= 11 is 3.46. The fourth-order valence-corrected chi connectivity index (χ4v) is 2.73. The van der Waals surface area contributed by atoms with Gasteiger partial charge in [-0.15, -0.1) is 0 Å². The minimum atomic E-state index is 0.205. The molecule has 1 aromatic heterocycles. The number of nitrogens with two attached hydrogens (primary N) is 1. The maximum atomic E-state index is 5.91. The molecule has 0 spiro atoms. The van der Waals surface area contributed by atoms with Crippen molar-refractivity contribution in [1.29, 1.82) is 0 Å². The molecular weight excluding hydrogens is 240 g/mol. The smallest absolute Gasteiger partial charge is 0.0410 e. The third kappa shape index (κ3) is 1.71. The number of hydrogen-bond acceptors (Lipinski definition) is 2. The van der Waals surface area contributed by atoms with Crippen molar-refractivity contribution in [3.8, 4) is 0 Å². The highest BCUT2D eigenvalue weighted by atomic mass is 79.9. The summed E-state index contributed by atoms with van der Waals surface area (Å²) in [5.74, 6) is 0. The Labute approximate surface area is 93.0 Å². The molecule has 76 valence electrons. The van der Waals surface area contributed by atoms with E-state index in [0.717, 1.165) is 11.0 Å². The Bertz CT molecular complexity index is 319. The fraction of sp³-hybridized carbons (Fsp3) is 0.545. The van der Waals surface area contributed by atoms with Crippen LogP contribution >= 0.6 is 15.9 Å². The second-order valence-electron chi connectivity index (χ2n) is 4.08. The van der Waals surface area contributed by atoms with E-state index in [1.165, 1.54) is 31.2 Å². The Morgan fingerprint density at radius 2 is 2.07 bits per heavy atom. The molecule has 1 aliphatic carbocycles. The molecule has 3 heteroatoms. The van der Waals surface area contributed by atoms with Crippen LogP contribution in [0.15, 0.2) is 22.9 Å². The quantitative estimate of drug-likeness (QED) is 0.882. The average molecular weight is 255 g/mol. The number of aromatic nitrogens is 1. The first-order chi connectivity index (χ1) is 6.77. The molecular formula is C11H15BrN2. The van der Waals surface area contributed by atoms with E-state index in [4.69, 9.17) is 5.73 Å². The van der Waals surface area contributed by atoms with Gasteiger partial charge in [0.2, 0.25) is 0 Å². The van der Waals surface area contributed by atoms with E-state index in [1.54, 1.807) is 0 Å². The lowest BCUT2D eigenvalue weighted by molar-refractivity contribution is 0.451. The van der Waals surface area contributed by atoms with Crippen LogP contribution in [0, 0.1) is 0 Å². The molecule has 0 radical (unpaired) electrons. The molecule has 2 nitrogen and oxygen atoms in total. The Morgan fingerprint density at radius 3 is 2.64 bits per heavy atom. The van der Waals surface area contributed by atoms with Gasteiger partial charge in [-0.2, -0.15) is 0 Å². The standard InChI is InChI=1S/C11H15BrN2/c12-10-5-9(6-14-7-10)11(8-13)3-1-2-4-11/h5-7H,1-4,8,13H2. The van der Waals surface area contributed by atoms with E-state index >= 15 is 0 Å². The molecule has 2 N–H and O–H groups in total. The number of rotatable bonds is 2. The maximum absolute atomic E-state index is 5.91. The summed E-state index contributed by atoms with van der Waals surface area (Å²) in [6.07, 6.45) is 8.79. The Balaban J connectivity index is 2.35. The molecule has 0 amide bonds. The lowest BCUT2D eigenvalue weighted by Crippen LogP contribution is -2.32. The van der Waals surface area contributed by atoms with Gasteiger partial charge in [-0.3, -0.25) is 4.98 Å². The molecule has 0 aliphatic heterocycles. The molecule has 0 aromatic carbocycles. The van der Waals surface area contributed by atoms with E-state index in [1.807, 2.05) is 12.4 Å². The van der Waals surface area contributed by atoms with Gasteiger partial charge in [-0.25, -0.2) is 0 Å². The van der Waals surface area contributed by atoms with Crippen molar-refractivity contribution in [3.63, 3.8) is 0 Å². The predicted molar refractivity (Wildman–Crippen MR) is 61.1 cm³/mol. The van der Waals surface area contributed by atoms with Crippen molar-refractivity contribution in [2.45, 2.75) is 31.1 Å². The summed E-state index contributed by atoms with van der Waals surface area (Å²) in [4.78, 5) is 4.22. The molecule has 0 bridgehead atoms. The van der Waals surface area contributed by atoms with Crippen LogP contribution < -0.4 is 5.73 Å². The minimum absolute atomic E-state index is 0.205. The zero-order chi connectivity index (χ0) is 10.0. The molecule has 1 heterocycles. The fourth-order valence-electron chi connectivity index (χ4n) is 2.36. The van der Waals surface area contributed by atoms with Crippen LogP contribution in [0.1, 0.15) is 31.2 Å². The van der Waals surface area contributed by atoms with Crippen LogP contribution in [-0.4, -0.2) is 11.5 Å². The third-order valence-electron chi connectivity index (χ3n) is 3.27. The molecule has 0 unspecified atom stereocenters. The largest absolute Gasteiger partial charge is 0.330 e. The SMILES string of the molecule is NCC1(c2cncc(Br)c2)CCCC1. The Morgan fingerprint density at radius 1 is 1.36 bits per heavy atom. The highest BCUT2D eigenvalue weighted by Gasteiger charge is 2.34. The number of nitrogens with zero attached hydrogens (tertiary/aromatic N) is 1. The zero-order valence-electron chi connectivity index (χ0n) is 8.17. The summed E-state index contributed by atoms with van der Waals surface area (Å²) in [5, 5.41) is 0. The van der Waals surface area contributed by atoms with Gasteiger partial charge in [-0.05, 0) is 40.4 Å². The average Bonchev–Trinajstić information content (AvgIpc) is 2.67. The highest BCUT2D eigenvalue weighted by molar-refractivity contribution is 9.10. The van der Waals surface area contributed by atoms with Crippen molar-refractivity contribution >= 4 is 15.9 Å². The summed E-state index contributed by atoms with van der Waals surface area (Å²) < 4.78 is 1.05. The topological polar surface area (TPSA) is 38.9 Å². The van der Waals surface area contributed by atoms with Gasteiger partial charge in [0, 0.05) is 28.8 Å². The van der Waals surface area contributed by atoms with Crippen molar-refractivity contribution in [2.24, 2.45) is 5.73 Å². The summed E-state index contributed by atoms with van der Waals surface area (Å²) in [6, 6.07) is 2.16. The Hall–Kier alpha value is -0.410. The van der Waals surface area contributed by atoms with Crippen molar-refractivity contribution < 1.29 is 0 Å². The van der Waals surface area contributed by atoms with Crippen LogP contribution in [0.2, 0.25) is 0 Å². The predicted octanol–water partition coefficient (Wildman–Crippen LogP) is 2.61. The number of hydrogen-bond donors (Lipinski definition) is 1. The monoisotopic (exact) mass is 254 g/mol. The van der Waals surface area contributed by atoms with E-state index in [9.17, 15) is 0 Å². The van der Waals surface area contributed by atoms with Crippen LogP contribution in [0.25, 0.3) is 0 Å².